The summed E-state index contributed by atoms with van der Waals surface area (Å²) in [6.07, 6.45) is 2.15. The van der Waals surface area contributed by atoms with Crippen LogP contribution < -0.4 is 15.4 Å². The first kappa shape index (κ1) is 22.6. The van der Waals surface area contributed by atoms with Crippen molar-refractivity contribution in [2.24, 2.45) is 0 Å². The monoisotopic (exact) mass is 473 g/mol. The molecule has 3 aromatic carbocycles. The maximum Gasteiger partial charge on any atom is 0.325 e. The first-order valence-corrected chi connectivity index (χ1v) is 11.5. The molecule has 1 aliphatic carbocycles. The van der Waals surface area contributed by atoms with E-state index in [1.54, 1.807) is 24.3 Å². The predicted molar refractivity (Wildman–Crippen MR) is 126 cm³/mol. The molecule has 1 aliphatic heterocycles. The van der Waals surface area contributed by atoms with Gasteiger partial charge in [0.25, 0.3) is 5.91 Å². The third-order valence-corrected chi connectivity index (χ3v) is 6.41. The molecule has 35 heavy (non-hydrogen) atoms. The van der Waals surface area contributed by atoms with Gasteiger partial charge in [-0.1, -0.05) is 36.4 Å². The normalized spacial score (nSPS) is 18.8. The number of aryl methyl sites for hydroxylation is 1. The second-order valence-electron chi connectivity index (χ2n) is 8.71. The highest BCUT2D eigenvalue weighted by molar-refractivity contribution is 6.09. The lowest BCUT2D eigenvalue weighted by molar-refractivity contribution is -0.135. The number of hydrogen-bond donors (Lipinski definition) is 2. The van der Waals surface area contributed by atoms with Gasteiger partial charge in [-0.25, -0.2) is 9.18 Å². The fourth-order valence-corrected chi connectivity index (χ4v) is 4.67. The van der Waals surface area contributed by atoms with Crippen molar-refractivity contribution >= 4 is 17.8 Å². The van der Waals surface area contributed by atoms with E-state index in [1.165, 1.54) is 24.3 Å². The third kappa shape index (κ3) is 4.47. The molecule has 3 aromatic rings. The van der Waals surface area contributed by atoms with Crippen molar-refractivity contribution in [3.05, 3.63) is 95.3 Å². The molecule has 1 heterocycles. The number of benzene rings is 3. The number of nitrogens with one attached hydrogen (secondary N) is 2. The van der Waals surface area contributed by atoms with E-state index in [0.717, 1.165) is 34.4 Å². The molecule has 1 saturated heterocycles. The maximum absolute atomic E-state index is 13.3. The van der Waals surface area contributed by atoms with Gasteiger partial charge in [0.05, 0.1) is 0 Å². The van der Waals surface area contributed by atoms with Crippen LogP contribution in [0.2, 0.25) is 0 Å². The molecule has 7 nitrogen and oxygen atoms in total. The average molecular weight is 474 g/mol. The number of carbonyl (C=O) groups excluding carboxylic acids is 3. The zero-order valence-electron chi connectivity index (χ0n) is 18.9. The van der Waals surface area contributed by atoms with Crippen molar-refractivity contribution in [3.63, 3.8) is 0 Å². The van der Waals surface area contributed by atoms with E-state index in [1.807, 2.05) is 24.3 Å². The molecule has 0 saturated carbocycles. The van der Waals surface area contributed by atoms with Crippen LogP contribution in [0.1, 0.15) is 29.5 Å². The van der Waals surface area contributed by atoms with E-state index in [-0.39, 0.29) is 24.8 Å². The summed E-state index contributed by atoms with van der Waals surface area (Å²) < 4.78 is 18.7. The molecule has 0 unspecified atom stereocenters. The van der Waals surface area contributed by atoms with Crippen molar-refractivity contribution in [3.8, 4) is 11.5 Å². The van der Waals surface area contributed by atoms with Gasteiger partial charge in [0.1, 0.15) is 29.4 Å². The molecule has 0 radical (unpaired) electrons. The second-order valence-corrected chi connectivity index (χ2v) is 8.71. The number of fused-ring (bicyclic) bond motifs is 2. The molecule has 2 aliphatic rings. The van der Waals surface area contributed by atoms with Crippen LogP contribution >= 0.6 is 0 Å². The van der Waals surface area contributed by atoms with Crippen LogP contribution in [0.25, 0.3) is 0 Å². The smallest absolute Gasteiger partial charge is 0.325 e. The summed E-state index contributed by atoms with van der Waals surface area (Å²) in [7, 11) is 0. The Labute approximate surface area is 201 Å². The van der Waals surface area contributed by atoms with Crippen LogP contribution in [0.4, 0.5) is 9.18 Å². The Morgan fingerprint density at radius 2 is 1.69 bits per heavy atom. The predicted octanol–water partition coefficient (Wildman–Crippen LogP) is 4.02. The Bertz CT molecular complexity index is 1280. The van der Waals surface area contributed by atoms with Crippen LogP contribution in [0.3, 0.4) is 0 Å². The molecule has 0 bridgehead atoms. The third-order valence-electron chi connectivity index (χ3n) is 6.41. The van der Waals surface area contributed by atoms with Gasteiger partial charge in [-0.3, -0.25) is 14.5 Å². The van der Waals surface area contributed by atoms with Gasteiger partial charge in [0.15, 0.2) is 0 Å². The SMILES string of the molecule is O=C(CN1C(=O)N[C@]2(CCCc3ccccc32)C1=O)NCc1ccc(Oc2ccc(F)cc2)cc1. The largest absolute Gasteiger partial charge is 0.457 e. The van der Waals surface area contributed by atoms with Gasteiger partial charge in [-0.05, 0) is 72.4 Å². The molecule has 4 amide bonds. The second kappa shape index (κ2) is 9.21. The van der Waals surface area contributed by atoms with Gasteiger partial charge in [-0.2, -0.15) is 0 Å². The molecular formula is C27H24FN3O4. The van der Waals surface area contributed by atoms with Gasteiger partial charge in [0, 0.05) is 6.54 Å². The van der Waals surface area contributed by atoms with E-state index in [9.17, 15) is 18.8 Å². The van der Waals surface area contributed by atoms with Gasteiger partial charge < -0.3 is 15.4 Å². The minimum atomic E-state index is -1.09. The van der Waals surface area contributed by atoms with Crippen molar-refractivity contribution in [1.29, 1.82) is 0 Å². The summed E-state index contributed by atoms with van der Waals surface area (Å²) in [5.41, 5.74) is 1.59. The van der Waals surface area contributed by atoms with Crippen molar-refractivity contribution < 1.29 is 23.5 Å². The zero-order chi connectivity index (χ0) is 24.4. The van der Waals surface area contributed by atoms with Crippen molar-refractivity contribution in [2.75, 3.05) is 6.54 Å². The van der Waals surface area contributed by atoms with Crippen molar-refractivity contribution in [1.82, 2.24) is 15.5 Å². The van der Waals surface area contributed by atoms with Crippen LogP contribution in [-0.4, -0.2) is 29.3 Å². The summed E-state index contributed by atoms with van der Waals surface area (Å²) in [4.78, 5) is 39.5. The van der Waals surface area contributed by atoms with Gasteiger partial charge >= 0.3 is 6.03 Å². The average Bonchev–Trinajstić information content (AvgIpc) is 3.10. The highest BCUT2D eigenvalue weighted by Crippen LogP contribution is 2.39. The molecule has 5 rings (SSSR count). The van der Waals surface area contributed by atoms with Gasteiger partial charge in [0.2, 0.25) is 5.91 Å². The fraction of sp³-hybridized carbons (Fsp3) is 0.222. The molecule has 1 spiro atoms. The van der Waals surface area contributed by atoms with E-state index < -0.39 is 17.5 Å². The Balaban J connectivity index is 1.18. The van der Waals surface area contributed by atoms with Crippen LogP contribution in [0.5, 0.6) is 11.5 Å². The molecule has 0 aromatic heterocycles. The van der Waals surface area contributed by atoms with Crippen LogP contribution in [-0.2, 0) is 28.1 Å². The number of imide groups is 1. The minimum Gasteiger partial charge on any atom is -0.457 e. The van der Waals surface area contributed by atoms with E-state index in [4.69, 9.17) is 4.74 Å². The number of carbonyl (C=O) groups is 3. The molecule has 2 N–H and O–H groups in total. The zero-order valence-corrected chi connectivity index (χ0v) is 18.9. The quantitative estimate of drug-likeness (QED) is 0.530. The first-order chi connectivity index (χ1) is 16.9. The van der Waals surface area contributed by atoms with E-state index in [0.29, 0.717) is 17.9 Å². The lowest BCUT2D eigenvalue weighted by Crippen LogP contribution is -2.47. The lowest BCUT2D eigenvalue weighted by atomic mass is 9.76. The minimum absolute atomic E-state index is 0.229. The molecular weight excluding hydrogens is 449 g/mol. The summed E-state index contributed by atoms with van der Waals surface area (Å²) in [6.45, 7) is -0.117. The highest BCUT2D eigenvalue weighted by atomic mass is 19.1. The maximum atomic E-state index is 13.3. The van der Waals surface area contributed by atoms with Gasteiger partial charge in [-0.15, -0.1) is 0 Å². The fourth-order valence-electron chi connectivity index (χ4n) is 4.67. The Morgan fingerprint density at radius 3 is 2.43 bits per heavy atom. The standard InChI is InChI=1S/C27H24FN3O4/c28-20-9-13-22(14-10-20)35-21-11-7-18(8-12-21)16-29-24(32)17-31-25(33)27(30-26(31)34)15-3-5-19-4-1-2-6-23(19)27/h1-2,4,6-14H,3,5,15-17H2,(H,29,32)(H,30,34)/t27-/m0/s1. The topological polar surface area (TPSA) is 87.7 Å². The number of ether oxygens (including phenoxy) is 1. The Hall–Kier alpha value is -4.20. The van der Waals surface area contributed by atoms with Crippen LogP contribution in [0.15, 0.2) is 72.8 Å². The Kier molecular flexibility index (Phi) is 5.94. The number of nitrogens with zero attached hydrogens (tertiary/aromatic N) is 1. The molecule has 1 fully saturated rings. The number of amides is 4. The summed E-state index contributed by atoms with van der Waals surface area (Å²) in [6, 6.07) is 19.9. The summed E-state index contributed by atoms with van der Waals surface area (Å²) >= 11 is 0. The first-order valence-electron chi connectivity index (χ1n) is 11.5. The summed E-state index contributed by atoms with van der Waals surface area (Å²) in [5.74, 6) is -0.0629. The molecule has 178 valence electrons. The van der Waals surface area contributed by atoms with E-state index >= 15 is 0 Å². The highest BCUT2D eigenvalue weighted by Gasteiger charge is 2.54. The molecule has 8 heteroatoms. The van der Waals surface area contributed by atoms with E-state index in [2.05, 4.69) is 10.6 Å². The number of rotatable bonds is 6. The lowest BCUT2D eigenvalue weighted by Gasteiger charge is -2.33. The van der Waals surface area contributed by atoms with Crippen molar-refractivity contribution in [2.45, 2.75) is 31.3 Å². The molecule has 1 atom stereocenters. The Morgan fingerprint density at radius 1 is 1.00 bits per heavy atom. The van der Waals surface area contributed by atoms with Crippen LogP contribution in [0, 0.1) is 5.82 Å². The number of halogens is 1. The number of urea groups is 1. The summed E-state index contributed by atoms with van der Waals surface area (Å²) in [5, 5.41) is 5.61. The number of hydrogen-bond acceptors (Lipinski definition) is 4.